The van der Waals surface area contributed by atoms with Gasteiger partial charge in [0.15, 0.2) is 0 Å². The first-order valence-electron chi connectivity index (χ1n) is 7.48. The van der Waals surface area contributed by atoms with Gasteiger partial charge in [-0.1, -0.05) is 6.07 Å². The van der Waals surface area contributed by atoms with E-state index in [0.717, 1.165) is 31.7 Å². The van der Waals surface area contributed by atoms with Gasteiger partial charge in [0.05, 0.1) is 6.61 Å². The highest BCUT2D eigenvalue weighted by Gasteiger charge is 2.15. The second-order valence-electron chi connectivity index (χ2n) is 5.85. The van der Waals surface area contributed by atoms with Crippen molar-refractivity contribution in [2.45, 2.75) is 38.3 Å². The van der Waals surface area contributed by atoms with Crippen LogP contribution < -0.4 is 10.1 Å². The minimum Gasteiger partial charge on any atom is -0.494 e. The summed E-state index contributed by atoms with van der Waals surface area (Å²) in [5.74, 6) is 1.03. The predicted octanol–water partition coefficient (Wildman–Crippen LogP) is 2.20. The molecule has 104 valence electrons. The molecule has 1 atom stereocenters. The molecule has 1 N–H and O–H groups in total. The third-order valence-electron chi connectivity index (χ3n) is 4.28. The van der Waals surface area contributed by atoms with Crippen molar-refractivity contribution in [3.8, 4) is 5.75 Å². The Labute approximate surface area is 115 Å². The van der Waals surface area contributed by atoms with E-state index in [0.29, 0.717) is 6.04 Å². The highest BCUT2D eigenvalue weighted by atomic mass is 16.5. The molecule has 1 saturated heterocycles. The van der Waals surface area contributed by atoms with E-state index in [1.807, 2.05) is 0 Å². The van der Waals surface area contributed by atoms with Crippen LogP contribution in [-0.4, -0.2) is 37.7 Å². The van der Waals surface area contributed by atoms with E-state index in [1.54, 1.807) is 0 Å². The Morgan fingerprint density at radius 1 is 1.37 bits per heavy atom. The number of nitrogens with zero attached hydrogens (tertiary/aromatic N) is 1. The Balaban J connectivity index is 1.54. The van der Waals surface area contributed by atoms with E-state index in [4.69, 9.17) is 4.74 Å². The summed E-state index contributed by atoms with van der Waals surface area (Å²) in [7, 11) is 2.18. The van der Waals surface area contributed by atoms with Crippen LogP contribution in [0.25, 0.3) is 0 Å². The van der Waals surface area contributed by atoms with Crippen LogP contribution in [-0.2, 0) is 13.0 Å². The molecular formula is C16H24N2O. The van der Waals surface area contributed by atoms with E-state index in [1.165, 1.54) is 37.1 Å². The lowest BCUT2D eigenvalue weighted by molar-refractivity contribution is 0.287. The number of hydrogen-bond acceptors (Lipinski definition) is 3. The van der Waals surface area contributed by atoms with Crippen molar-refractivity contribution in [1.29, 1.82) is 0 Å². The topological polar surface area (TPSA) is 24.5 Å². The molecule has 0 bridgehead atoms. The lowest BCUT2D eigenvalue weighted by Gasteiger charge is -2.25. The minimum atomic E-state index is 0.670. The quantitative estimate of drug-likeness (QED) is 0.898. The van der Waals surface area contributed by atoms with Gasteiger partial charge >= 0.3 is 0 Å². The lowest BCUT2D eigenvalue weighted by Crippen LogP contribution is -2.26. The molecule has 0 radical (unpaired) electrons. The van der Waals surface area contributed by atoms with Crippen LogP contribution in [0.5, 0.6) is 5.75 Å². The van der Waals surface area contributed by atoms with Crippen LogP contribution in [0.1, 0.15) is 30.4 Å². The Morgan fingerprint density at radius 2 is 2.32 bits per heavy atom. The van der Waals surface area contributed by atoms with Gasteiger partial charge in [-0.2, -0.15) is 0 Å². The molecular weight excluding hydrogens is 236 g/mol. The molecule has 3 heteroatoms. The highest BCUT2D eigenvalue weighted by molar-refractivity contribution is 5.37. The van der Waals surface area contributed by atoms with Crippen LogP contribution in [0, 0.1) is 0 Å². The maximum Gasteiger partial charge on any atom is 0.119 e. The van der Waals surface area contributed by atoms with Gasteiger partial charge in [0.1, 0.15) is 5.75 Å². The summed E-state index contributed by atoms with van der Waals surface area (Å²) in [4.78, 5) is 2.37. The van der Waals surface area contributed by atoms with Crippen LogP contribution in [0.3, 0.4) is 0 Å². The summed E-state index contributed by atoms with van der Waals surface area (Å²) in [5.41, 5.74) is 2.92. The van der Waals surface area contributed by atoms with Crippen LogP contribution >= 0.6 is 0 Å². The fourth-order valence-electron chi connectivity index (χ4n) is 3.09. The lowest BCUT2D eigenvalue weighted by atomic mass is 10.00. The smallest absolute Gasteiger partial charge is 0.119 e. The number of rotatable bonds is 4. The normalized spacial score (nSPS) is 23.3. The van der Waals surface area contributed by atoms with Crippen molar-refractivity contribution < 1.29 is 4.74 Å². The summed E-state index contributed by atoms with van der Waals surface area (Å²) < 4.78 is 5.91. The van der Waals surface area contributed by atoms with Crippen molar-refractivity contribution in [2.24, 2.45) is 0 Å². The predicted molar refractivity (Wildman–Crippen MR) is 77.6 cm³/mol. The molecule has 0 saturated carbocycles. The Bertz CT molecular complexity index is 427. The first kappa shape index (κ1) is 12.9. The van der Waals surface area contributed by atoms with Gasteiger partial charge in [0.25, 0.3) is 0 Å². The maximum atomic E-state index is 5.91. The monoisotopic (exact) mass is 260 g/mol. The molecule has 1 aromatic carbocycles. The largest absolute Gasteiger partial charge is 0.494 e. The number of benzene rings is 1. The van der Waals surface area contributed by atoms with E-state index in [9.17, 15) is 0 Å². The van der Waals surface area contributed by atoms with Gasteiger partial charge in [-0.15, -0.1) is 0 Å². The summed E-state index contributed by atoms with van der Waals surface area (Å²) in [6, 6.07) is 7.27. The second-order valence-corrected chi connectivity index (χ2v) is 5.85. The molecule has 1 unspecified atom stereocenters. The number of nitrogens with one attached hydrogen (secondary N) is 1. The summed E-state index contributed by atoms with van der Waals surface area (Å²) in [5, 5.41) is 3.51. The van der Waals surface area contributed by atoms with Crippen LogP contribution in [0.2, 0.25) is 0 Å². The van der Waals surface area contributed by atoms with Gasteiger partial charge < -0.3 is 15.0 Å². The van der Waals surface area contributed by atoms with Gasteiger partial charge in [-0.25, -0.2) is 0 Å². The first-order chi connectivity index (χ1) is 9.31. The Hall–Kier alpha value is -1.06. The zero-order valence-corrected chi connectivity index (χ0v) is 11.8. The molecule has 1 aromatic rings. The van der Waals surface area contributed by atoms with Crippen LogP contribution in [0.4, 0.5) is 0 Å². The fourth-order valence-corrected chi connectivity index (χ4v) is 3.09. The minimum absolute atomic E-state index is 0.670. The molecule has 1 fully saturated rings. The number of ether oxygens (including phenoxy) is 1. The van der Waals surface area contributed by atoms with Gasteiger partial charge in [0, 0.05) is 19.1 Å². The molecule has 2 heterocycles. The maximum absolute atomic E-state index is 5.91. The molecule has 2 aliphatic heterocycles. The van der Waals surface area contributed by atoms with E-state index in [-0.39, 0.29) is 0 Å². The molecule has 0 amide bonds. The zero-order chi connectivity index (χ0) is 13.1. The van der Waals surface area contributed by atoms with Crippen molar-refractivity contribution in [2.75, 3.05) is 26.7 Å². The Morgan fingerprint density at radius 3 is 3.16 bits per heavy atom. The standard InChI is InChI=1S/C16H24N2O/c1-18-9-6-13-4-5-16(11-14(13)12-18)19-10-7-15-3-2-8-17-15/h4-5,11,15,17H,2-3,6-10,12H2,1H3. The number of hydrogen-bond donors (Lipinski definition) is 1. The second kappa shape index (κ2) is 5.93. The number of likely N-dealkylation sites (N-methyl/N-ethyl adjacent to an activating group) is 1. The van der Waals surface area contributed by atoms with Gasteiger partial charge in [0.2, 0.25) is 0 Å². The summed E-state index contributed by atoms with van der Waals surface area (Å²) in [6.07, 6.45) is 4.91. The molecule has 19 heavy (non-hydrogen) atoms. The molecule has 3 nitrogen and oxygen atoms in total. The molecule has 2 aliphatic rings. The highest BCUT2D eigenvalue weighted by Crippen LogP contribution is 2.23. The molecule has 0 aromatic heterocycles. The third kappa shape index (κ3) is 3.28. The van der Waals surface area contributed by atoms with Crippen LogP contribution in [0.15, 0.2) is 18.2 Å². The molecule has 0 aliphatic carbocycles. The first-order valence-corrected chi connectivity index (χ1v) is 7.48. The van der Waals surface area contributed by atoms with E-state index in [2.05, 4.69) is 35.5 Å². The average molecular weight is 260 g/mol. The molecule has 0 spiro atoms. The fraction of sp³-hybridized carbons (Fsp3) is 0.625. The van der Waals surface area contributed by atoms with E-state index < -0.39 is 0 Å². The zero-order valence-electron chi connectivity index (χ0n) is 11.8. The SMILES string of the molecule is CN1CCc2ccc(OCCC3CCCN3)cc2C1. The van der Waals surface area contributed by atoms with Crippen molar-refractivity contribution >= 4 is 0 Å². The van der Waals surface area contributed by atoms with Crippen molar-refractivity contribution in [3.05, 3.63) is 29.3 Å². The average Bonchev–Trinajstić information content (AvgIpc) is 2.91. The Kier molecular flexibility index (Phi) is 4.04. The summed E-state index contributed by atoms with van der Waals surface area (Å²) >= 11 is 0. The van der Waals surface area contributed by atoms with Gasteiger partial charge in [-0.05, 0) is 62.5 Å². The summed E-state index contributed by atoms with van der Waals surface area (Å²) in [6.45, 7) is 4.22. The van der Waals surface area contributed by atoms with Gasteiger partial charge in [-0.3, -0.25) is 0 Å². The third-order valence-corrected chi connectivity index (χ3v) is 4.28. The number of fused-ring (bicyclic) bond motifs is 1. The van der Waals surface area contributed by atoms with Crippen molar-refractivity contribution in [1.82, 2.24) is 10.2 Å². The van der Waals surface area contributed by atoms with Crippen molar-refractivity contribution in [3.63, 3.8) is 0 Å². The van der Waals surface area contributed by atoms with E-state index >= 15 is 0 Å². The molecule has 3 rings (SSSR count).